The number of nitrogens with one attached hydrogen (secondary N) is 2. The summed E-state index contributed by atoms with van der Waals surface area (Å²) in [6, 6.07) is 12.1. The van der Waals surface area contributed by atoms with Crippen molar-refractivity contribution in [1.29, 1.82) is 5.26 Å². The Morgan fingerprint density at radius 1 is 1.03 bits per heavy atom. The minimum absolute atomic E-state index is 0.0203. The van der Waals surface area contributed by atoms with E-state index >= 15 is 8.78 Å². The molecule has 2 N–H and O–H groups in total. The normalized spacial score (nSPS) is 21.6. The Morgan fingerprint density at radius 2 is 1.79 bits per heavy atom. The molecule has 3 amide bonds. The third kappa shape index (κ3) is 7.39. The molecule has 58 heavy (non-hydrogen) atoms. The number of alkyl halides is 5. The number of pyridine rings is 1. The van der Waals surface area contributed by atoms with E-state index in [9.17, 15) is 37.6 Å². The Hall–Kier alpha value is -6.16. The fourth-order valence-corrected chi connectivity index (χ4v) is 8.52. The van der Waals surface area contributed by atoms with Gasteiger partial charge < -0.3 is 10.2 Å². The van der Waals surface area contributed by atoms with Crippen molar-refractivity contribution in [2.24, 2.45) is 13.0 Å². The van der Waals surface area contributed by atoms with E-state index in [-0.39, 0.29) is 42.7 Å². The summed E-state index contributed by atoms with van der Waals surface area (Å²) in [4.78, 5) is 57.5. The van der Waals surface area contributed by atoms with Gasteiger partial charge in [-0.05, 0) is 74.4 Å². The van der Waals surface area contributed by atoms with Gasteiger partial charge in [0.2, 0.25) is 11.8 Å². The topological polar surface area (TPSA) is 163 Å². The highest BCUT2D eigenvalue weighted by Gasteiger charge is 2.42. The number of imidazole rings is 1. The van der Waals surface area contributed by atoms with E-state index in [2.05, 4.69) is 20.7 Å². The second kappa shape index (κ2) is 14.7. The van der Waals surface area contributed by atoms with E-state index < -0.39 is 66.0 Å². The number of para-hydroxylation sites is 1. The Labute approximate surface area is 326 Å². The van der Waals surface area contributed by atoms with Gasteiger partial charge in [0.15, 0.2) is 0 Å². The number of carbonyl (C=O) groups is 3. The first-order valence-electron chi connectivity index (χ1n) is 18.8. The van der Waals surface area contributed by atoms with Gasteiger partial charge in [0.25, 0.3) is 11.8 Å². The summed E-state index contributed by atoms with van der Waals surface area (Å²) >= 11 is 0. The minimum atomic E-state index is -4.74. The zero-order valence-corrected chi connectivity index (χ0v) is 31.1. The number of benzene rings is 2. The number of aryl methyl sites for hydroxylation is 1. The van der Waals surface area contributed by atoms with Gasteiger partial charge >= 0.3 is 11.9 Å². The first kappa shape index (κ1) is 38.7. The smallest absolute Gasteiger partial charge is 0.351 e. The number of anilines is 2. The third-order valence-corrected chi connectivity index (χ3v) is 11.2. The van der Waals surface area contributed by atoms with Gasteiger partial charge in [0.1, 0.15) is 23.5 Å². The highest BCUT2D eigenvalue weighted by atomic mass is 19.4. The van der Waals surface area contributed by atoms with Crippen LogP contribution >= 0.6 is 0 Å². The first-order chi connectivity index (χ1) is 27.6. The van der Waals surface area contributed by atoms with Crippen LogP contribution < -0.4 is 21.2 Å². The lowest BCUT2D eigenvalue weighted by Crippen LogP contribution is -2.57. The number of piperidine rings is 1. The second-order valence-corrected chi connectivity index (χ2v) is 15.2. The van der Waals surface area contributed by atoms with Crippen LogP contribution in [0.1, 0.15) is 72.4 Å². The van der Waals surface area contributed by atoms with E-state index in [1.807, 2.05) is 6.07 Å². The molecule has 1 atom stereocenters. The number of amides is 3. The summed E-state index contributed by atoms with van der Waals surface area (Å²) < 4.78 is 74.9. The van der Waals surface area contributed by atoms with E-state index in [0.717, 1.165) is 31.0 Å². The standard InChI is InChI=1S/C39H37F5N10O4/c1-50-34-29(5-3-6-30(34)54(37(50)58)31-12-13-33(55)48-36(31)57)52-20-38(40,41)19-51(21-52)17-22-8-10-25(11-9-22)53-18-24-15-27(23(16-45)14-28(24)49-53)47-35(56)26-4-2-7-32(46-26)39(42,43)44/h2-7,14-15,18,22,25,31H,8-13,17,19-21H2,1H3,(H,47,56)(H,48,55,57)/t22-,25-,31?. The summed E-state index contributed by atoms with van der Waals surface area (Å²) in [5.74, 6) is -4.84. The Bertz CT molecular complexity index is 2570. The number of halogens is 5. The van der Waals surface area contributed by atoms with Crippen LogP contribution in [0.5, 0.6) is 0 Å². The Morgan fingerprint density at radius 3 is 2.52 bits per heavy atom. The molecule has 2 saturated heterocycles. The number of fused-ring (bicyclic) bond motifs is 2. The molecule has 8 rings (SSSR count). The average Bonchev–Trinajstić information content (AvgIpc) is 3.71. The van der Waals surface area contributed by atoms with Crippen LogP contribution in [0, 0.1) is 17.2 Å². The third-order valence-electron chi connectivity index (χ3n) is 11.2. The van der Waals surface area contributed by atoms with Crippen LogP contribution in [0.15, 0.2) is 59.5 Å². The Kier molecular flexibility index (Phi) is 9.78. The monoisotopic (exact) mass is 804 g/mol. The molecule has 3 fully saturated rings. The number of nitriles is 1. The van der Waals surface area contributed by atoms with Gasteiger partial charge in [-0.15, -0.1) is 0 Å². The van der Waals surface area contributed by atoms with Crippen molar-refractivity contribution in [3.63, 3.8) is 0 Å². The quantitative estimate of drug-likeness (QED) is 0.163. The van der Waals surface area contributed by atoms with E-state index in [1.165, 1.54) is 15.2 Å². The number of aromatic nitrogens is 5. The molecule has 3 aromatic heterocycles. The van der Waals surface area contributed by atoms with Crippen molar-refractivity contribution in [3.05, 3.63) is 82.2 Å². The molecule has 2 aromatic carbocycles. The summed E-state index contributed by atoms with van der Waals surface area (Å²) in [6.07, 6.45) is 0.152. The van der Waals surface area contributed by atoms with Crippen LogP contribution in [0.4, 0.5) is 33.3 Å². The lowest BCUT2D eigenvalue weighted by molar-refractivity contribution is -0.141. The predicted octanol–water partition coefficient (Wildman–Crippen LogP) is 5.35. The van der Waals surface area contributed by atoms with Crippen LogP contribution in [0.3, 0.4) is 0 Å². The number of imide groups is 1. The molecule has 0 spiro atoms. The van der Waals surface area contributed by atoms with Gasteiger partial charge in [-0.1, -0.05) is 12.1 Å². The number of hydrogen-bond acceptors (Lipinski definition) is 9. The van der Waals surface area contributed by atoms with Crippen molar-refractivity contribution < 1.29 is 36.3 Å². The van der Waals surface area contributed by atoms with Crippen LogP contribution in [-0.2, 0) is 22.8 Å². The molecule has 5 aromatic rings. The van der Waals surface area contributed by atoms with E-state index in [4.69, 9.17) is 0 Å². The number of carbonyl (C=O) groups excluding carboxylic acids is 3. The molecule has 19 heteroatoms. The summed E-state index contributed by atoms with van der Waals surface area (Å²) in [5.41, 5.74) is -0.220. The zero-order valence-electron chi connectivity index (χ0n) is 31.1. The van der Waals surface area contributed by atoms with Gasteiger partial charge in [0, 0.05) is 31.6 Å². The molecule has 1 unspecified atom stereocenters. The highest BCUT2D eigenvalue weighted by Crippen LogP contribution is 2.37. The largest absolute Gasteiger partial charge is 0.433 e. The lowest BCUT2D eigenvalue weighted by atomic mass is 9.85. The fourth-order valence-electron chi connectivity index (χ4n) is 8.52. The second-order valence-electron chi connectivity index (χ2n) is 15.2. The zero-order chi connectivity index (χ0) is 41.1. The molecule has 0 radical (unpaired) electrons. The molecule has 1 aliphatic carbocycles. The van der Waals surface area contributed by atoms with Crippen molar-refractivity contribution in [1.82, 2.24) is 34.1 Å². The van der Waals surface area contributed by atoms with Crippen molar-refractivity contribution >= 4 is 51.0 Å². The first-order valence-corrected chi connectivity index (χ1v) is 18.8. The highest BCUT2D eigenvalue weighted by molar-refractivity contribution is 6.05. The summed E-state index contributed by atoms with van der Waals surface area (Å²) in [5, 5.41) is 19.9. The van der Waals surface area contributed by atoms with Crippen molar-refractivity contribution in [2.45, 2.75) is 62.7 Å². The summed E-state index contributed by atoms with van der Waals surface area (Å²) in [6.45, 7) is -0.368. The van der Waals surface area contributed by atoms with E-state index in [0.29, 0.717) is 47.0 Å². The molecule has 0 bridgehead atoms. The SMILES string of the molecule is Cn1c(=O)n(C2CCC(=O)NC2=O)c2cccc(N3CN(C[C@H]4CC[C@H](n5cc6cc(NC(=O)c7cccc(C(F)(F)F)n7)c(C#N)cc6n5)CC4)CC(F)(F)C3)c21. The van der Waals surface area contributed by atoms with Crippen LogP contribution in [-0.4, -0.2) is 78.7 Å². The average molecular weight is 805 g/mol. The molecule has 2 aliphatic heterocycles. The molecular weight excluding hydrogens is 767 g/mol. The van der Waals surface area contributed by atoms with Crippen molar-refractivity contribution in [3.8, 4) is 6.07 Å². The number of rotatable bonds is 7. The number of hydrogen-bond donors (Lipinski definition) is 2. The van der Waals surface area contributed by atoms with Crippen LogP contribution in [0.2, 0.25) is 0 Å². The van der Waals surface area contributed by atoms with Gasteiger partial charge in [0.05, 0.1) is 59.3 Å². The minimum Gasteiger partial charge on any atom is -0.351 e. The molecule has 3 aliphatic rings. The maximum atomic E-state index is 15.4. The molecule has 1 saturated carbocycles. The van der Waals surface area contributed by atoms with Gasteiger partial charge in [-0.25, -0.2) is 18.6 Å². The number of nitrogens with zero attached hydrogens (tertiary/aromatic N) is 8. The van der Waals surface area contributed by atoms with Crippen LogP contribution in [0.25, 0.3) is 21.9 Å². The maximum absolute atomic E-state index is 15.4. The molecular formula is C39H37F5N10O4. The summed E-state index contributed by atoms with van der Waals surface area (Å²) in [7, 11) is 1.54. The Balaban J connectivity index is 0.944. The van der Waals surface area contributed by atoms with E-state index in [1.54, 1.807) is 52.0 Å². The fraction of sp³-hybridized carbons (Fsp3) is 0.410. The molecule has 5 heterocycles. The van der Waals surface area contributed by atoms with Crippen molar-refractivity contribution in [2.75, 3.05) is 36.5 Å². The lowest BCUT2D eigenvalue weighted by Gasteiger charge is -2.43. The molecule has 14 nitrogen and oxygen atoms in total. The van der Waals surface area contributed by atoms with Gasteiger partial charge in [-0.2, -0.15) is 23.5 Å². The molecule has 302 valence electrons. The maximum Gasteiger partial charge on any atom is 0.433 e. The predicted molar refractivity (Wildman–Crippen MR) is 200 cm³/mol. The van der Waals surface area contributed by atoms with Gasteiger partial charge in [-0.3, -0.25) is 38.4 Å².